The second-order valence-corrected chi connectivity index (χ2v) is 5.95. The Balaban J connectivity index is 1.59. The highest BCUT2D eigenvalue weighted by Crippen LogP contribution is 2.34. The van der Waals surface area contributed by atoms with Gasteiger partial charge in [-0.15, -0.1) is 11.3 Å². The minimum Gasteiger partial charge on any atom is -0.481 e. The zero-order valence-corrected chi connectivity index (χ0v) is 12.3. The number of amides is 2. The molecule has 1 aliphatic rings. The molecule has 2 unspecified atom stereocenters. The van der Waals surface area contributed by atoms with E-state index in [0.717, 1.165) is 0 Å². The van der Waals surface area contributed by atoms with Gasteiger partial charge in [0.25, 0.3) is 5.91 Å². The van der Waals surface area contributed by atoms with Crippen LogP contribution in [0.25, 0.3) is 0 Å². The first-order chi connectivity index (χ1) is 10.1. The normalized spacial score (nSPS) is 20.4. The van der Waals surface area contributed by atoms with Crippen LogP contribution in [0.1, 0.15) is 28.9 Å². The van der Waals surface area contributed by atoms with Gasteiger partial charge in [0.2, 0.25) is 5.91 Å². The molecular weight excluding hydrogens is 292 g/mol. The molecule has 2 atom stereocenters. The van der Waals surface area contributed by atoms with E-state index < -0.39 is 17.8 Å². The highest BCUT2D eigenvalue weighted by Gasteiger charge is 2.41. The second kappa shape index (κ2) is 7.21. The van der Waals surface area contributed by atoms with Crippen LogP contribution >= 0.6 is 11.3 Å². The summed E-state index contributed by atoms with van der Waals surface area (Å²) in [6, 6.07) is 3.57. The molecule has 114 valence electrons. The molecule has 2 rings (SSSR count). The molecule has 1 aromatic heterocycles. The maximum absolute atomic E-state index is 11.8. The van der Waals surface area contributed by atoms with Crippen molar-refractivity contribution in [1.82, 2.24) is 10.6 Å². The van der Waals surface area contributed by atoms with Crippen molar-refractivity contribution < 1.29 is 19.5 Å². The molecule has 0 radical (unpaired) electrons. The van der Waals surface area contributed by atoms with E-state index in [1.165, 1.54) is 11.3 Å². The van der Waals surface area contributed by atoms with Gasteiger partial charge in [0.05, 0.1) is 16.7 Å². The first-order valence-corrected chi connectivity index (χ1v) is 7.80. The van der Waals surface area contributed by atoms with Gasteiger partial charge >= 0.3 is 5.97 Å². The molecule has 1 saturated carbocycles. The fourth-order valence-corrected chi connectivity index (χ4v) is 2.88. The van der Waals surface area contributed by atoms with E-state index in [4.69, 9.17) is 5.11 Å². The molecule has 0 aliphatic heterocycles. The summed E-state index contributed by atoms with van der Waals surface area (Å²) in [5, 5.41) is 16.2. The maximum Gasteiger partial charge on any atom is 0.307 e. The van der Waals surface area contributed by atoms with E-state index in [1.54, 1.807) is 6.07 Å². The van der Waals surface area contributed by atoms with Crippen molar-refractivity contribution in [3.8, 4) is 0 Å². The molecule has 21 heavy (non-hydrogen) atoms. The zero-order chi connectivity index (χ0) is 15.2. The van der Waals surface area contributed by atoms with Crippen molar-refractivity contribution in [2.75, 3.05) is 13.1 Å². The molecule has 1 heterocycles. The number of hydrogen-bond acceptors (Lipinski definition) is 4. The van der Waals surface area contributed by atoms with Gasteiger partial charge < -0.3 is 15.7 Å². The predicted octanol–water partition coefficient (Wildman–Crippen LogP) is 1.09. The largest absolute Gasteiger partial charge is 0.481 e. The van der Waals surface area contributed by atoms with Crippen LogP contribution in [0.3, 0.4) is 0 Å². The number of rotatable bonds is 7. The van der Waals surface area contributed by atoms with Gasteiger partial charge in [0.1, 0.15) is 0 Å². The lowest BCUT2D eigenvalue weighted by molar-refractivity contribution is -0.152. The minimum absolute atomic E-state index is 0.110. The first-order valence-electron chi connectivity index (χ1n) is 6.92. The Kier molecular flexibility index (Phi) is 5.32. The Morgan fingerprint density at radius 3 is 2.48 bits per heavy atom. The standard InChI is InChI=1S/C14H18N2O4S/c17-12(9-4-5-10(9)14(19)20)15-6-2-7-16-13(18)11-3-1-8-21-11/h1,3,8-10H,2,4-7H2,(H,15,17)(H,16,18)(H,19,20). The fraction of sp³-hybridized carbons (Fsp3) is 0.500. The number of aliphatic carboxylic acids is 1. The third-order valence-electron chi connectivity index (χ3n) is 3.61. The predicted molar refractivity (Wildman–Crippen MR) is 78.1 cm³/mol. The van der Waals surface area contributed by atoms with Crippen LogP contribution in [0, 0.1) is 11.8 Å². The van der Waals surface area contributed by atoms with Crippen molar-refractivity contribution in [2.45, 2.75) is 19.3 Å². The summed E-state index contributed by atoms with van der Waals surface area (Å²) >= 11 is 1.38. The van der Waals surface area contributed by atoms with E-state index in [2.05, 4.69) is 10.6 Å². The summed E-state index contributed by atoms with van der Waals surface area (Å²) in [7, 11) is 0. The Morgan fingerprint density at radius 1 is 1.19 bits per heavy atom. The molecule has 0 aromatic carbocycles. The summed E-state index contributed by atoms with van der Waals surface area (Å²) in [6.45, 7) is 0.913. The van der Waals surface area contributed by atoms with E-state index in [9.17, 15) is 14.4 Å². The third kappa shape index (κ3) is 4.04. The molecule has 1 aliphatic carbocycles. The van der Waals surface area contributed by atoms with Crippen LogP contribution < -0.4 is 10.6 Å². The van der Waals surface area contributed by atoms with E-state index >= 15 is 0 Å². The number of nitrogens with one attached hydrogen (secondary N) is 2. The monoisotopic (exact) mass is 310 g/mol. The maximum atomic E-state index is 11.8. The molecule has 0 spiro atoms. The third-order valence-corrected chi connectivity index (χ3v) is 4.48. The number of hydrogen-bond donors (Lipinski definition) is 3. The van der Waals surface area contributed by atoms with E-state index in [0.29, 0.717) is 37.2 Å². The molecule has 6 nitrogen and oxygen atoms in total. The molecule has 7 heteroatoms. The van der Waals surface area contributed by atoms with Gasteiger partial charge in [0, 0.05) is 13.1 Å². The fourth-order valence-electron chi connectivity index (χ4n) is 2.24. The Hall–Kier alpha value is -1.89. The average molecular weight is 310 g/mol. The number of carboxylic acids is 1. The van der Waals surface area contributed by atoms with Crippen molar-refractivity contribution in [3.05, 3.63) is 22.4 Å². The smallest absolute Gasteiger partial charge is 0.307 e. The lowest BCUT2D eigenvalue weighted by Gasteiger charge is -2.31. The van der Waals surface area contributed by atoms with Gasteiger partial charge in [-0.25, -0.2) is 0 Å². The Morgan fingerprint density at radius 2 is 1.90 bits per heavy atom. The molecule has 3 N–H and O–H groups in total. The van der Waals surface area contributed by atoms with E-state index in [1.807, 2.05) is 11.4 Å². The molecule has 0 saturated heterocycles. The minimum atomic E-state index is -0.899. The molecular formula is C14H18N2O4S. The van der Waals surface area contributed by atoms with Crippen LogP contribution in [0.15, 0.2) is 17.5 Å². The van der Waals surface area contributed by atoms with Gasteiger partial charge in [0.15, 0.2) is 0 Å². The summed E-state index contributed by atoms with van der Waals surface area (Å²) in [4.78, 5) is 34.9. The van der Waals surface area contributed by atoms with Crippen molar-refractivity contribution in [3.63, 3.8) is 0 Å². The zero-order valence-electron chi connectivity index (χ0n) is 11.5. The van der Waals surface area contributed by atoms with E-state index in [-0.39, 0.29) is 11.8 Å². The quantitative estimate of drug-likeness (QED) is 0.657. The van der Waals surface area contributed by atoms with Crippen LogP contribution in [0.2, 0.25) is 0 Å². The van der Waals surface area contributed by atoms with Crippen molar-refractivity contribution in [2.24, 2.45) is 11.8 Å². The van der Waals surface area contributed by atoms with Crippen molar-refractivity contribution in [1.29, 1.82) is 0 Å². The van der Waals surface area contributed by atoms with Gasteiger partial charge in [-0.2, -0.15) is 0 Å². The first kappa shape index (κ1) is 15.5. The number of thiophene rings is 1. The average Bonchev–Trinajstić information content (AvgIpc) is 2.89. The van der Waals surface area contributed by atoms with Gasteiger partial charge in [-0.1, -0.05) is 6.07 Å². The van der Waals surface area contributed by atoms with Crippen LogP contribution in [-0.2, 0) is 9.59 Å². The number of carboxylic acid groups (broad SMARTS) is 1. The van der Waals surface area contributed by atoms with Crippen LogP contribution in [-0.4, -0.2) is 36.0 Å². The molecule has 1 aromatic rings. The Bertz CT molecular complexity index is 515. The van der Waals surface area contributed by atoms with Gasteiger partial charge in [-0.05, 0) is 30.7 Å². The summed E-state index contributed by atoms with van der Waals surface area (Å²) < 4.78 is 0. The highest BCUT2D eigenvalue weighted by atomic mass is 32.1. The van der Waals surface area contributed by atoms with Crippen molar-refractivity contribution >= 4 is 29.1 Å². The number of carbonyl (C=O) groups excluding carboxylic acids is 2. The highest BCUT2D eigenvalue weighted by molar-refractivity contribution is 7.12. The lowest BCUT2D eigenvalue weighted by atomic mass is 9.73. The molecule has 0 bridgehead atoms. The second-order valence-electron chi connectivity index (χ2n) is 5.01. The van der Waals surface area contributed by atoms with Crippen LogP contribution in [0.5, 0.6) is 0 Å². The summed E-state index contributed by atoms with van der Waals surface area (Å²) in [5.41, 5.74) is 0. The summed E-state index contributed by atoms with van der Waals surface area (Å²) in [5.74, 6) is -2.14. The lowest BCUT2D eigenvalue weighted by Crippen LogP contribution is -2.44. The molecule has 1 fully saturated rings. The number of carbonyl (C=O) groups is 3. The topological polar surface area (TPSA) is 95.5 Å². The SMILES string of the molecule is O=C(NCCCNC(=O)C1CCC1C(=O)O)c1cccs1. The van der Waals surface area contributed by atoms with Gasteiger partial charge in [-0.3, -0.25) is 14.4 Å². The Labute approximate surface area is 126 Å². The molecule has 2 amide bonds. The summed E-state index contributed by atoms with van der Waals surface area (Å²) in [6.07, 6.45) is 1.83. The van der Waals surface area contributed by atoms with Crippen LogP contribution in [0.4, 0.5) is 0 Å².